The summed E-state index contributed by atoms with van der Waals surface area (Å²) in [5, 5.41) is 0. The number of rotatable bonds is 6. The van der Waals surface area contributed by atoms with Gasteiger partial charge in [0.05, 0.1) is 26.1 Å². The lowest BCUT2D eigenvalue weighted by Crippen LogP contribution is -2.34. The number of amides is 1. The average molecular weight is 424 g/mol. The highest BCUT2D eigenvalue weighted by atomic mass is 16.5. The zero-order chi connectivity index (χ0) is 21.8. The molecule has 3 aromatic rings. The van der Waals surface area contributed by atoms with Gasteiger partial charge >= 0.3 is 0 Å². The lowest BCUT2D eigenvalue weighted by Gasteiger charge is -2.25. The van der Waals surface area contributed by atoms with E-state index in [-0.39, 0.29) is 11.8 Å². The minimum Gasteiger partial charge on any atom is -0.497 e. The molecule has 1 unspecified atom stereocenters. The fourth-order valence-corrected chi connectivity index (χ4v) is 4.25. The first-order valence-electron chi connectivity index (χ1n) is 10.5. The number of hydrogen-bond acceptors (Lipinski definition) is 6. The van der Waals surface area contributed by atoms with Crippen LogP contribution in [-0.4, -0.2) is 70.5 Å². The Morgan fingerprint density at radius 2 is 2.03 bits per heavy atom. The number of carbonyl (C=O) groups is 1. The van der Waals surface area contributed by atoms with E-state index >= 15 is 0 Å². The highest BCUT2D eigenvalue weighted by Gasteiger charge is 2.25. The summed E-state index contributed by atoms with van der Waals surface area (Å²) < 4.78 is 13.0. The molecular weight excluding hydrogens is 394 g/mol. The molecule has 1 fully saturated rings. The predicted molar refractivity (Wildman–Crippen MR) is 117 cm³/mol. The Bertz CT molecular complexity index is 1050. The lowest BCUT2D eigenvalue weighted by molar-refractivity contribution is -0.129. The number of nitrogens with zero attached hydrogens (tertiary/aromatic N) is 5. The molecule has 0 N–H and O–H groups in total. The van der Waals surface area contributed by atoms with Crippen molar-refractivity contribution in [3.63, 3.8) is 0 Å². The average Bonchev–Trinajstić information content (AvgIpc) is 3.14. The SMILES string of the molecule is COc1ccc(OC)c(CN2CCN(C(C)=O)CC(Cc3cn4ccnc4cn3)C2)c1. The van der Waals surface area contributed by atoms with Gasteiger partial charge in [0.2, 0.25) is 5.91 Å². The highest BCUT2D eigenvalue weighted by molar-refractivity contribution is 5.73. The Balaban J connectivity index is 1.54. The monoisotopic (exact) mass is 423 g/mol. The van der Waals surface area contributed by atoms with E-state index in [1.54, 1.807) is 33.5 Å². The second-order valence-electron chi connectivity index (χ2n) is 8.02. The fourth-order valence-electron chi connectivity index (χ4n) is 4.25. The molecule has 164 valence electrons. The second kappa shape index (κ2) is 9.34. The lowest BCUT2D eigenvalue weighted by atomic mass is 10.0. The summed E-state index contributed by atoms with van der Waals surface area (Å²) in [4.78, 5) is 25.4. The van der Waals surface area contributed by atoms with Gasteiger partial charge in [-0.2, -0.15) is 0 Å². The summed E-state index contributed by atoms with van der Waals surface area (Å²) >= 11 is 0. The normalized spacial score (nSPS) is 17.5. The van der Waals surface area contributed by atoms with Gasteiger partial charge in [-0.15, -0.1) is 0 Å². The van der Waals surface area contributed by atoms with E-state index in [4.69, 9.17) is 9.47 Å². The van der Waals surface area contributed by atoms with E-state index in [1.165, 1.54) is 0 Å². The zero-order valence-corrected chi connectivity index (χ0v) is 18.3. The molecule has 0 bridgehead atoms. The Labute approximate surface area is 182 Å². The van der Waals surface area contributed by atoms with E-state index in [9.17, 15) is 4.79 Å². The summed E-state index contributed by atoms with van der Waals surface area (Å²) in [5.41, 5.74) is 2.91. The number of carbonyl (C=O) groups excluding carboxylic acids is 1. The van der Waals surface area contributed by atoms with E-state index < -0.39 is 0 Å². The number of benzene rings is 1. The topological polar surface area (TPSA) is 72.2 Å². The molecule has 1 amide bonds. The number of ether oxygens (including phenoxy) is 2. The molecule has 1 aliphatic rings. The molecular formula is C23H29N5O3. The van der Waals surface area contributed by atoms with Gasteiger partial charge in [-0.05, 0) is 30.5 Å². The molecule has 0 spiro atoms. The van der Waals surface area contributed by atoms with Crippen molar-refractivity contribution < 1.29 is 14.3 Å². The van der Waals surface area contributed by atoms with Gasteiger partial charge in [0.15, 0.2) is 5.65 Å². The number of fused-ring (bicyclic) bond motifs is 1. The number of imidazole rings is 1. The van der Waals surface area contributed by atoms with Crippen LogP contribution in [0.15, 0.2) is 43.0 Å². The van der Waals surface area contributed by atoms with Gasteiger partial charge in [-0.3, -0.25) is 14.7 Å². The molecule has 0 radical (unpaired) electrons. The molecule has 31 heavy (non-hydrogen) atoms. The van der Waals surface area contributed by atoms with E-state index in [0.717, 1.165) is 61.0 Å². The Hall–Kier alpha value is -3.13. The largest absolute Gasteiger partial charge is 0.497 e. The maximum absolute atomic E-state index is 12.2. The first-order chi connectivity index (χ1) is 15.1. The van der Waals surface area contributed by atoms with Crippen molar-refractivity contribution in [2.24, 2.45) is 5.92 Å². The molecule has 0 saturated carbocycles. The third kappa shape index (κ3) is 4.96. The smallest absolute Gasteiger partial charge is 0.219 e. The molecule has 8 heteroatoms. The zero-order valence-electron chi connectivity index (χ0n) is 18.3. The van der Waals surface area contributed by atoms with Crippen molar-refractivity contribution in [2.75, 3.05) is 40.4 Å². The van der Waals surface area contributed by atoms with Crippen molar-refractivity contribution in [3.8, 4) is 11.5 Å². The van der Waals surface area contributed by atoms with Gasteiger partial charge < -0.3 is 18.8 Å². The van der Waals surface area contributed by atoms with Crippen LogP contribution in [0.4, 0.5) is 0 Å². The van der Waals surface area contributed by atoms with Crippen LogP contribution in [0.25, 0.3) is 5.65 Å². The third-order valence-corrected chi connectivity index (χ3v) is 5.84. The number of aromatic nitrogens is 3. The van der Waals surface area contributed by atoms with Crippen molar-refractivity contribution in [3.05, 3.63) is 54.2 Å². The van der Waals surface area contributed by atoms with E-state index in [1.807, 2.05) is 39.9 Å². The predicted octanol–water partition coefficient (Wildman–Crippen LogP) is 2.27. The van der Waals surface area contributed by atoms with Crippen molar-refractivity contribution in [1.29, 1.82) is 0 Å². The van der Waals surface area contributed by atoms with Gasteiger partial charge in [0.1, 0.15) is 11.5 Å². The van der Waals surface area contributed by atoms with Gasteiger partial charge in [0, 0.05) is 63.8 Å². The molecule has 4 rings (SSSR count). The first-order valence-corrected chi connectivity index (χ1v) is 10.5. The van der Waals surface area contributed by atoms with Crippen LogP contribution in [0.3, 0.4) is 0 Å². The fraction of sp³-hybridized carbons (Fsp3) is 0.435. The van der Waals surface area contributed by atoms with Crippen LogP contribution in [0, 0.1) is 5.92 Å². The number of methoxy groups -OCH3 is 2. The summed E-state index contributed by atoms with van der Waals surface area (Å²) in [6.45, 7) is 5.50. The van der Waals surface area contributed by atoms with Crippen molar-refractivity contribution >= 4 is 11.6 Å². The maximum atomic E-state index is 12.2. The summed E-state index contributed by atoms with van der Waals surface area (Å²) in [7, 11) is 3.36. The quantitative estimate of drug-likeness (QED) is 0.606. The Morgan fingerprint density at radius 3 is 2.81 bits per heavy atom. The summed E-state index contributed by atoms with van der Waals surface area (Å²) in [5.74, 6) is 2.04. The molecule has 8 nitrogen and oxygen atoms in total. The highest BCUT2D eigenvalue weighted by Crippen LogP contribution is 2.26. The standard InChI is InChI=1S/C23H29N5O3/c1-17(29)27-9-8-26(15-19-11-21(30-2)4-5-22(19)31-3)13-18(14-27)10-20-16-28-7-6-24-23(28)12-25-20/h4-7,11-12,16,18H,8-10,13-15H2,1-3H3. The molecule has 1 saturated heterocycles. The van der Waals surface area contributed by atoms with Crippen LogP contribution in [0.1, 0.15) is 18.2 Å². The van der Waals surface area contributed by atoms with Crippen LogP contribution in [0.5, 0.6) is 11.5 Å². The van der Waals surface area contributed by atoms with Crippen LogP contribution >= 0.6 is 0 Å². The summed E-state index contributed by atoms with van der Waals surface area (Å²) in [6, 6.07) is 5.87. The van der Waals surface area contributed by atoms with Crippen LogP contribution in [0.2, 0.25) is 0 Å². The molecule has 3 heterocycles. The Morgan fingerprint density at radius 1 is 1.16 bits per heavy atom. The molecule has 1 aromatic carbocycles. The van der Waals surface area contributed by atoms with Crippen LogP contribution < -0.4 is 9.47 Å². The van der Waals surface area contributed by atoms with E-state index in [0.29, 0.717) is 6.54 Å². The molecule has 1 atom stereocenters. The number of hydrogen-bond donors (Lipinski definition) is 0. The van der Waals surface area contributed by atoms with Crippen LogP contribution in [-0.2, 0) is 17.8 Å². The van der Waals surface area contributed by atoms with Gasteiger partial charge in [-0.1, -0.05) is 0 Å². The molecule has 0 aliphatic carbocycles. The third-order valence-electron chi connectivity index (χ3n) is 5.84. The Kier molecular flexibility index (Phi) is 6.36. The van der Waals surface area contributed by atoms with Crippen molar-refractivity contribution in [2.45, 2.75) is 19.9 Å². The van der Waals surface area contributed by atoms with E-state index in [2.05, 4.69) is 14.9 Å². The minimum atomic E-state index is 0.115. The van der Waals surface area contributed by atoms with Gasteiger partial charge in [0.25, 0.3) is 0 Å². The van der Waals surface area contributed by atoms with Crippen molar-refractivity contribution in [1.82, 2.24) is 24.2 Å². The molecule has 2 aromatic heterocycles. The first kappa shape index (κ1) is 21.1. The van der Waals surface area contributed by atoms with Gasteiger partial charge in [-0.25, -0.2) is 4.98 Å². The maximum Gasteiger partial charge on any atom is 0.219 e. The summed E-state index contributed by atoms with van der Waals surface area (Å²) in [6.07, 6.45) is 8.32. The molecule has 1 aliphatic heterocycles. The second-order valence-corrected chi connectivity index (χ2v) is 8.02. The minimum absolute atomic E-state index is 0.115.